The highest BCUT2D eigenvalue weighted by molar-refractivity contribution is 5.85. The van der Waals surface area contributed by atoms with E-state index in [1.807, 2.05) is 31.4 Å². The van der Waals surface area contributed by atoms with Gasteiger partial charge < -0.3 is 15.1 Å². The summed E-state index contributed by atoms with van der Waals surface area (Å²) in [4.78, 5) is 16.0. The van der Waals surface area contributed by atoms with Gasteiger partial charge in [0.1, 0.15) is 5.76 Å². The number of hydrogen-bond donors (Lipinski definition) is 2. The van der Waals surface area contributed by atoms with Gasteiger partial charge in [-0.2, -0.15) is 5.10 Å². The third kappa shape index (κ3) is 5.17. The summed E-state index contributed by atoms with van der Waals surface area (Å²) < 4.78 is 6.93. The molecule has 0 unspecified atom stereocenters. The van der Waals surface area contributed by atoms with Crippen molar-refractivity contribution in [3.05, 3.63) is 60.4 Å². The van der Waals surface area contributed by atoms with E-state index in [1.165, 1.54) is 0 Å². The number of furan rings is 1. The molecule has 0 aliphatic heterocycles. The van der Waals surface area contributed by atoms with Gasteiger partial charge >= 0.3 is 0 Å². The molecule has 8 heteroatoms. The van der Waals surface area contributed by atoms with Crippen LogP contribution in [0.4, 0.5) is 0 Å². The first-order chi connectivity index (χ1) is 11.7. The Balaban J connectivity index is 0.00000225. The lowest BCUT2D eigenvalue weighted by Gasteiger charge is -2.06. The lowest BCUT2D eigenvalue weighted by Crippen LogP contribution is -2.33. The standard InChI is InChI=1S/C17H19N5O2.ClH/c1-22-12-14(17(21-22)13-4-2-6-18-8-13)9-19-11-16(23)20-10-15-5-3-7-24-15;/h2-8,12,19H,9-11H2,1H3,(H,20,23);1H. The Bertz CT molecular complexity index is 787. The molecule has 0 atom stereocenters. The second-order valence-corrected chi connectivity index (χ2v) is 5.38. The first kappa shape index (κ1) is 18.7. The average Bonchev–Trinajstić information content (AvgIpc) is 3.23. The second-order valence-electron chi connectivity index (χ2n) is 5.38. The maximum Gasteiger partial charge on any atom is 0.234 e. The highest BCUT2D eigenvalue weighted by atomic mass is 35.5. The fourth-order valence-electron chi connectivity index (χ4n) is 2.38. The van der Waals surface area contributed by atoms with Crippen molar-refractivity contribution in [1.82, 2.24) is 25.4 Å². The molecule has 0 radical (unpaired) electrons. The van der Waals surface area contributed by atoms with E-state index in [-0.39, 0.29) is 24.9 Å². The van der Waals surface area contributed by atoms with E-state index in [0.717, 1.165) is 22.6 Å². The molecule has 3 aromatic rings. The Hall–Kier alpha value is -2.64. The van der Waals surface area contributed by atoms with Crippen molar-refractivity contribution in [2.75, 3.05) is 6.54 Å². The smallest absolute Gasteiger partial charge is 0.234 e. The van der Waals surface area contributed by atoms with Crippen LogP contribution < -0.4 is 10.6 Å². The van der Waals surface area contributed by atoms with Gasteiger partial charge in [-0.15, -0.1) is 12.4 Å². The molecule has 0 spiro atoms. The average molecular weight is 362 g/mol. The molecule has 3 heterocycles. The summed E-state index contributed by atoms with van der Waals surface area (Å²) in [6.45, 7) is 1.16. The third-order valence-electron chi connectivity index (χ3n) is 3.48. The molecule has 0 saturated carbocycles. The van der Waals surface area contributed by atoms with Crippen molar-refractivity contribution in [3.8, 4) is 11.3 Å². The van der Waals surface area contributed by atoms with Crippen molar-refractivity contribution < 1.29 is 9.21 Å². The molecule has 1 amide bonds. The van der Waals surface area contributed by atoms with Crippen LogP contribution in [-0.2, 0) is 24.9 Å². The topological polar surface area (TPSA) is 85.0 Å². The van der Waals surface area contributed by atoms with E-state index in [4.69, 9.17) is 4.42 Å². The fraction of sp³-hybridized carbons (Fsp3) is 0.235. The van der Waals surface area contributed by atoms with Crippen molar-refractivity contribution in [3.63, 3.8) is 0 Å². The van der Waals surface area contributed by atoms with Crippen LogP contribution in [0.15, 0.2) is 53.5 Å². The maximum absolute atomic E-state index is 11.8. The van der Waals surface area contributed by atoms with Gasteiger partial charge in [0.05, 0.1) is 25.0 Å². The SMILES string of the molecule is Cl.Cn1cc(CNCC(=O)NCc2ccco2)c(-c2cccnc2)n1. The summed E-state index contributed by atoms with van der Waals surface area (Å²) >= 11 is 0. The van der Waals surface area contributed by atoms with Gasteiger partial charge in [0.15, 0.2) is 0 Å². The van der Waals surface area contributed by atoms with Gasteiger partial charge in [-0.3, -0.25) is 14.5 Å². The van der Waals surface area contributed by atoms with E-state index < -0.39 is 0 Å². The minimum Gasteiger partial charge on any atom is -0.467 e. The van der Waals surface area contributed by atoms with E-state index in [0.29, 0.717) is 13.1 Å². The molecule has 0 fully saturated rings. The molecule has 0 saturated heterocycles. The van der Waals surface area contributed by atoms with Gasteiger partial charge in [-0.05, 0) is 24.3 Å². The summed E-state index contributed by atoms with van der Waals surface area (Å²) in [7, 11) is 1.87. The number of amides is 1. The summed E-state index contributed by atoms with van der Waals surface area (Å²) in [6, 6.07) is 7.46. The number of nitrogens with one attached hydrogen (secondary N) is 2. The van der Waals surface area contributed by atoms with Gasteiger partial charge in [-0.25, -0.2) is 0 Å². The number of nitrogens with zero attached hydrogens (tertiary/aromatic N) is 3. The van der Waals surface area contributed by atoms with E-state index in [9.17, 15) is 4.79 Å². The molecule has 0 aliphatic rings. The molecule has 132 valence electrons. The first-order valence-electron chi connectivity index (χ1n) is 7.65. The third-order valence-corrected chi connectivity index (χ3v) is 3.48. The second kappa shape index (κ2) is 9.00. The van der Waals surface area contributed by atoms with Gasteiger partial charge in [0, 0.05) is 43.3 Å². The number of rotatable bonds is 7. The molecule has 3 rings (SSSR count). The zero-order valence-corrected chi connectivity index (χ0v) is 14.6. The molecule has 0 bridgehead atoms. The number of pyridine rings is 1. The molecule has 7 nitrogen and oxygen atoms in total. The van der Waals surface area contributed by atoms with Crippen LogP contribution in [0, 0.1) is 0 Å². The van der Waals surface area contributed by atoms with Gasteiger partial charge in [0.25, 0.3) is 0 Å². The Labute approximate surface area is 151 Å². The molecule has 25 heavy (non-hydrogen) atoms. The molecule has 3 aromatic heterocycles. The van der Waals surface area contributed by atoms with Crippen LogP contribution >= 0.6 is 12.4 Å². The maximum atomic E-state index is 11.8. The summed E-state index contributed by atoms with van der Waals surface area (Å²) in [5, 5.41) is 10.4. The normalized spacial score (nSPS) is 10.3. The van der Waals surface area contributed by atoms with Gasteiger partial charge in [0.2, 0.25) is 5.91 Å². The first-order valence-corrected chi connectivity index (χ1v) is 7.65. The molecule has 0 aromatic carbocycles. The van der Waals surface area contributed by atoms with Crippen LogP contribution in [0.2, 0.25) is 0 Å². The van der Waals surface area contributed by atoms with E-state index in [2.05, 4.69) is 20.7 Å². The number of aromatic nitrogens is 3. The lowest BCUT2D eigenvalue weighted by molar-refractivity contribution is -0.120. The number of aryl methyl sites for hydroxylation is 1. The molecular formula is C17H20ClN5O2. The summed E-state index contributed by atoms with van der Waals surface area (Å²) in [6.07, 6.45) is 7.04. The largest absolute Gasteiger partial charge is 0.467 e. The van der Waals surface area contributed by atoms with Gasteiger partial charge in [-0.1, -0.05) is 0 Å². The minimum atomic E-state index is -0.0850. The van der Waals surface area contributed by atoms with Crippen molar-refractivity contribution in [2.45, 2.75) is 13.1 Å². The van der Waals surface area contributed by atoms with E-state index >= 15 is 0 Å². The summed E-state index contributed by atoms with van der Waals surface area (Å²) in [5.74, 6) is 0.646. The summed E-state index contributed by atoms with van der Waals surface area (Å²) in [5.41, 5.74) is 2.84. The Morgan fingerprint density at radius 2 is 2.16 bits per heavy atom. The number of carbonyl (C=O) groups excluding carboxylic acids is 1. The minimum absolute atomic E-state index is 0. The lowest BCUT2D eigenvalue weighted by atomic mass is 10.1. The van der Waals surface area contributed by atoms with Crippen LogP contribution in [0.5, 0.6) is 0 Å². The predicted molar refractivity (Wildman–Crippen MR) is 95.9 cm³/mol. The monoisotopic (exact) mass is 361 g/mol. The molecule has 2 N–H and O–H groups in total. The van der Waals surface area contributed by atoms with Crippen LogP contribution in [0.25, 0.3) is 11.3 Å². The zero-order valence-electron chi connectivity index (χ0n) is 13.8. The Morgan fingerprint density at radius 1 is 1.28 bits per heavy atom. The Kier molecular flexibility index (Phi) is 6.73. The highest BCUT2D eigenvalue weighted by Gasteiger charge is 2.10. The van der Waals surface area contributed by atoms with Crippen molar-refractivity contribution >= 4 is 18.3 Å². The zero-order chi connectivity index (χ0) is 16.8. The highest BCUT2D eigenvalue weighted by Crippen LogP contribution is 2.20. The van der Waals surface area contributed by atoms with Crippen LogP contribution in [0.3, 0.4) is 0 Å². The molecular weight excluding hydrogens is 342 g/mol. The number of halogens is 1. The van der Waals surface area contributed by atoms with Crippen LogP contribution in [-0.4, -0.2) is 27.2 Å². The number of carbonyl (C=O) groups is 1. The fourth-order valence-corrected chi connectivity index (χ4v) is 2.38. The Morgan fingerprint density at radius 3 is 2.88 bits per heavy atom. The molecule has 0 aliphatic carbocycles. The number of hydrogen-bond acceptors (Lipinski definition) is 5. The predicted octanol–water partition coefficient (Wildman–Crippen LogP) is 1.90. The van der Waals surface area contributed by atoms with Crippen LogP contribution in [0.1, 0.15) is 11.3 Å². The quantitative estimate of drug-likeness (QED) is 0.671. The van der Waals surface area contributed by atoms with Crippen molar-refractivity contribution in [2.24, 2.45) is 7.05 Å². The van der Waals surface area contributed by atoms with Crippen molar-refractivity contribution in [1.29, 1.82) is 0 Å². The van der Waals surface area contributed by atoms with E-state index in [1.54, 1.807) is 29.4 Å².